The Morgan fingerprint density at radius 3 is 2.46 bits per heavy atom. The molecule has 0 aliphatic heterocycles. The molecule has 0 saturated heterocycles. The minimum absolute atomic E-state index is 0.00284. The molecule has 3 aromatic rings. The highest BCUT2D eigenvalue weighted by molar-refractivity contribution is 7.92. The van der Waals surface area contributed by atoms with Crippen LogP contribution in [-0.4, -0.2) is 34.6 Å². The molecule has 3 rings (SSSR count). The second kappa shape index (κ2) is 5.94. The van der Waals surface area contributed by atoms with E-state index in [2.05, 4.69) is 9.97 Å². The molecule has 26 heavy (non-hydrogen) atoms. The number of anilines is 1. The summed E-state index contributed by atoms with van der Waals surface area (Å²) in [5.74, 6) is -0.339. The van der Waals surface area contributed by atoms with Crippen LogP contribution in [0.1, 0.15) is 20.8 Å². The molecular weight excluding hydrogens is 359 g/mol. The molecule has 0 unspecified atom stereocenters. The minimum Gasteiger partial charge on any atom is -0.495 e. The van der Waals surface area contributed by atoms with Gasteiger partial charge in [-0.15, -0.1) is 0 Å². The Bertz CT molecular complexity index is 1100. The topological polar surface area (TPSA) is 99.6 Å². The molecule has 0 aromatic carbocycles. The number of fused-ring (bicyclic) bond motifs is 1. The fourth-order valence-corrected chi connectivity index (χ4v) is 3.82. The van der Waals surface area contributed by atoms with Crippen LogP contribution in [0, 0.1) is 5.82 Å². The average Bonchev–Trinajstić information content (AvgIpc) is 2.95. The van der Waals surface area contributed by atoms with E-state index in [1.807, 2.05) is 0 Å². The Morgan fingerprint density at radius 2 is 1.88 bits per heavy atom. The zero-order valence-corrected chi connectivity index (χ0v) is 15.6. The van der Waals surface area contributed by atoms with Crippen LogP contribution in [0.3, 0.4) is 0 Å². The Morgan fingerprint density at radius 1 is 1.19 bits per heavy atom. The van der Waals surface area contributed by atoms with Gasteiger partial charge in [0, 0.05) is 24.5 Å². The van der Waals surface area contributed by atoms with Crippen LogP contribution in [0.5, 0.6) is 5.75 Å². The molecule has 0 fully saturated rings. The fourth-order valence-electron chi connectivity index (χ4n) is 2.51. The van der Waals surface area contributed by atoms with Crippen molar-refractivity contribution in [2.45, 2.75) is 30.4 Å². The van der Waals surface area contributed by atoms with E-state index in [1.165, 1.54) is 36.2 Å². The Labute approximate surface area is 150 Å². The lowest BCUT2D eigenvalue weighted by molar-refractivity contribution is 0.401. The molecule has 0 amide bonds. The molecule has 0 atom stereocenters. The number of imidazole rings is 1. The van der Waals surface area contributed by atoms with E-state index in [4.69, 9.17) is 10.5 Å². The highest BCUT2D eigenvalue weighted by Gasteiger charge is 2.34. The number of pyridine rings is 2. The second-order valence-electron chi connectivity index (χ2n) is 6.78. The van der Waals surface area contributed by atoms with Gasteiger partial charge in [-0.3, -0.25) is 4.40 Å². The predicted molar refractivity (Wildman–Crippen MR) is 96.3 cm³/mol. The van der Waals surface area contributed by atoms with Crippen LogP contribution < -0.4 is 10.5 Å². The lowest BCUT2D eigenvalue weighted by Crippen LogP contribution is -2.28. The van der Waals surface area contributed by atoms with Gasteiger partial charge in [-0.25, -0.2) is 22.8 Å². The van der Waals surface area contributed by atoms with Crippen molar-refractivity contribution in [2.24, 2.45) is 0 Å². The van der Waals surface area contributed by atoms with E-state index in [0.29, 0.717) is 11.3 Å². The molecule has 3 aromatic heterocycles. The van der Waals surface area contributed by atoms with E-state index in [9.17, 15) is 12.8 Å². The summed E-state index contributed by atoms with van der Waals surface area (Å²) in [6.45, 7) is 4.80. The average molecular weight is 378 g/mol. The molecule has 3 heterocycles. The zero-order chi connectivity index (χ0) is 19.3. The molecule has 138 valence electrons. The second-order valence-corrected chi connectivity index (χ2v) is 9.45. The van der Waals surface area contributed by atoms with Gasteiger partial charge >= 0.3 is 0 Å². The molecule has 0 spiro atoms. The van der Waals surface area contributed by atoms with E-state index in [1.54, 1.807) is 20.8 Å². The number of ether oxygens (including phenoxy) is 1. The van der Waals surface area contributed by atoms with Crippen molar-refractivity contribution in [3.8, 4) is 17.0 Å². The number of nitrogen functional groups attached to an aromatic ring is 1. The first-order valence-electron chi connectivity index (χ1n) is 7.77. The summed E-state index contributed by atoms with van der Waals surface area (Å²) in [5, 5.41) is 0. The van der Waals surface area contributed by atoms with Crippen molar-refractivity contribution in [2.75, 3.05) is 12.8 Å². The number of methoxy groups -OCH3 is 1. The maximum absolute atomic E-state index is 14.3. The van der Waals surface area contributed by atoms with Crippen molar-refractivity contribution < 1.29 is 17.5 Å². The summed E-state index contributed by atoms with van der Waals surface area (Å²) in [6, 6.07) is 2.61. The monoisotopic (exact) mass is 378 g/mol. The number of hydrogen-bond donors (Lipinski definition) is 1. The molecule has 0 aliphatic rings. The quantitative estimate of drug-likeness (QED) is 0.752. The minimum atomic E-state index is -3.71. The first-order chi connectivity index (χ1) is 12.1. The molecule has 0 bridgehead atoms. The first-order valence-corrected chi connectivity index (χ1v) is 9.25. The van der Waals surface area contributed by atoms with Gasteiger partial charge in [0.2, 0.25) is 0 Å². The van der Waals surface area contributed by atoms with Crippen LogP contribution in [0.4, 0.5) is 10.2 Å². The third kappa shape index (κ3) is 2.78. The predicted octanol–water partition coefficient (Wildman–Crippen LogP) is 2.70. The van der Waals surface area contributed by atoms with Crippen LogP contribution in [0.25, 0.3) is 16.9 Å². The highest BCUT2D eigenvalue weighted by atomic mass is 32.2. The summed E-state index contributed by atoms with van der Waals surface area (Å²) < 4.78 is 45.9. The molecule has 7 nitrogen and oxygen atoms in total. The Balaban J connectivity index is 2.32. The summed E-state index contributed by atoms with van der Waals surface area (Å²) in [5.41, 5.74) is 6.43. The maximum atomic E-state index is 14.3. The van der Waals surface area contributed by atoms with Crippen molar-refractivity contribution in [3.05, 3.63) is 36.5 Å². The number of hydrogen-bond acceptors (Lipinski definition) is 6. The van der Waals surface area contributed by atoms with Gasteiger partial charge in [0.05, 0.1) is 29.3 Å². The van der Waals surface area contributed by atoms with Gasteiger partial charge in [-0.05, 0) is 20.8 Å². The summed E-state index contributed by atoms with van der Waals surface area (Å²) in [4.78, 5) is 8.12. The normalized spacial score (nSPS) is 12.5. The van der Waals surface area contributed by atoms with E-state index >= 15 is 0 Å². The van der Waals surface area contributed by atoms with Crippen LogP contribution in [-0.2, 0) is 9.84 Å². The van der Waals surface area contributed by atoms with Gasteiger partial charge in [0.1, 0.15) is 27.9 Å². The molecule has 0 saturated carbocycles. The van der Waals surface area contributed by atoms with Crippen molar-refractivity contribution >= 4 is 21.3 Å². The molecule has 2 N–H and O–H groups in total. The fraction of sp³-hybridized carbons (Fsp3) is 0.294. The van der Waals surface area contributed by atoms with Crippen molar-refractivity contribution in [1.82, 2.24) is 14.4 Å². The van der Waals surface area contributed by atoms with E-state index in [0.717, 1.165) is 6.07 Å². The lowest BCUT2D eigenvalue weighted by atomic mass is 10.2. The third-order valence-corrected chi connectivity index (χ3v) is 6.54. The number of nitrogens with two attached hydrogens (primary N) is 1. The maximum Gasteiger partial charge on any atom is 0.188 e. The van der Waals surface area contributed by atoms with E-state index < -0.39 is 20.4 Å². The number of rotatable bonds is 3. The third-order valence-electron chi connectivity index (χ3n) is 4.04. The number of sulfone groups is 1. The number of aromatic nitrogens is 3. The molecular formula is C17H19FN4O3S. The van der Waals surface area contributed by atoms with Gasteiger partial charge in [0.15, 0.2) is 9.84 Å². The summed E-state index contributed by atoms with van der Waals surface area (Å²) in [7, 11) is -2.32. The van der Waals surface area contributed by atoms with Gasteiger partial charge in [0.25, 0.3) is 0 Å². The Hall–Kier alpha value is -2.68. The van der Waals surface area contributed by atoms with Crippen LogP contribution in [0.15, 0.2) is 35.6 Å². The van der Waals surface area contributed by atoms with E-state index in [-0.39, 0.29) is 22.0 Å². The summed E-state index contributed by atoms with van der Waals surface area (Å²) >= 11 is 0. The largest absolute Gasteiger partial charge is 0.495 e. The van der Waals surface area contributed by atoms with Crippen LogP contribution in [0.2, 0.25) is 0 Å². The van der Waals surface area contributed by atoms with Gasteiger partial charge < -0.3 is 10.5 Å². The number of halogens is 1. The summed E-state index contributed by atoms with van der Waals surface area (Å²) in [6.07, 6.45) is 4.13. The van der Waals surface area contributed by atoms with Gasteiger partial charge in [-0.1, -0.05) is 0 Å². The smallest absolute Gasteiger partial charge is 0.188 e. The Kier molecular flexibility index (Phi) is 4.14. The first kappa shape index (κ1) is 18.1. The number of nitrogens with zero attached hydrogens (tertiary/aromatic N) is 3. The molecule has 0 radical (unpaired) electrons. The zero-order valence-electron chi connectivity index (χ0n) is 14.8. The highest BCUT2D eigenvalue weighted by Crippen LogP contribution is 2.34. The standard InChI is InChI=1S/C17H19FN4O3S/c1-17(2,3)26(23,24)14-9-22-12(8-21-16(22)6-13(14)25-4)10-7-20-15(19)5-11(10)18/h5-9H,1-4H3,(H2,19,20). The van der Waals surface area contributed by atoms with Crippen molar-refractivity contribution in [3.63, 3.8) is 0 Å². The lowest BCUT2D eigenvalue weighted by Gasteiger charge is -2.21. The molecule has 9 heteroatoms. The SMILES string of the molecule is COc1cc2ncc(-c3cnc(N)cc3F)n2cc1S(=O)(=O)C(C)(C)C. The van der Waals surface area contributed by atoms with Crippen molar-refractivity contribution in [1.29, 1.82) is 0 Å². The van der Waals surface area contributed by atoms with Crippen LogP contribution >= 0.6 is 0 Å². The van der Waals surface area contributed by atoms with Gasteiger partial charge in [-0.2, -0.15) is 0 Å². The molecule has 0 aliphatic carbocycles.